The van der Waals surface area contributed by atoms with Crippen molar-refractivity contribution in [1.82, 2.24) is 0 Å². The summed E-state index contributed by atoms with van der Waals surface area (Å²) in [5.41, 5.74) is 1.03. The Bertz CT molecular complexity index is 239. The normalized spacial score (nSPS) is 14.7. The molecule has 1 N–H and O–H groups in total. The van der Waals surface area contributed by atoms with Crippen molar-refractivity contribution < 1.29 is 4.42 Å². The SMILES string of the molecule is C1=NCNc2ccoc21. The first-order valence-corrected chi connectivity index (χ1v) is 2.78. The van der Waals surface area contributed by atoms with Gasteiger partial charge in [-0.15, -0.1) is 0 Å². The van der Waals surface area contributed by atoms with Gasteiger partial charge in [0.25, 0.3) is 0 Å². The van der Waals surface area contributed by atoms with Gasteiger partial charge < -0.3 is 9.73 Å². The number of hydrogen-bond acceptors (Lipinski definition) is 3. The number of nitrogens with one attached hydrogen (secondary N) is 1. The van der Waals surface area contributed by atoms with Gasteiger partial charge in [0.05, 0.1) is 18.2 Å². The summed E-state index contributed by atoms with van der Waals surface area (Å²) in [6, 6.07) is 1.89. The molecule has 0 bridgehead atoms. The summed E-state index contributed by atoms with van der Waals surface area (Å²) in [6.07, 6.45) is 3.38. The maximum atomic E-state index is 5.04. The average Bonchev–Trinajstić information content (AvgIpc) is 2.33. The lowest BCUT2D eigenvalue weighted by molar-refractivity contribution is 0.559. The molecule has 0 fully saturated rings. The van der Waals surface area contributed by atoms with E-state index in [-0.39, 0.29) is 0 Å². The van der Waals surface area contributed by atoms with Crippen LogP contribution in [-0.4, -0.2) is 12.9 Å². The van der Waals surface area contributed by atoms with Crippen molar-refractivity contribution in [2.24, 2.45) is 4.99 Å². The summed E-state index contributed by atoms with van der Waals surface area (Å²) >= 11 is 0. The van der Waals surface area contributed by atoms with Crippen LogP contribution in [0.15, 0.2) is 21.7 Å². The fourth-order valence-corrected chi connectivity index (χ4v) is 0.826. The van der Waals surface area contributed by atoms with Crippen molar-refractivity contribution in [2.75, 3.05) is 12.0 Å². The minimum atomic E-state index is 0.659. The van der Waals surface area contributed by atoms with Gasteiger partial charge in [-0.3, -0.25) is 4.99 Å². The molecule has 0 atom stereocenters. The highest BCUT2D eigenvalue weighted by Crippen LogP contribution is 2.16. The third kappa shape index (κ3) is 0.614. The Balaban J connectivity index is 2.53. The molecule has 1 aromatic heterocycles. The smallest absolute Gasteiger partial charge is 0.167 e. The first kappa shape index (κ1) is 4.61. The molecule has 3 heteroatoms. The second-order valence-electron chi connectivity index (χ2n) is 1.85. The van der Waals surface area contributed by atoms with Crippen LogP contribution in [0.3, 0.4) is 0 Å². The van der Waals surface area contributed by atoms with Crippen molar-refractivity contribution in [3.8, 4) is 0 Å². The summed E-state index contributed by atoms with van der Waals surface area (Å²) in [6.45, 7) is 0.659. The van der Waals surface area contributed by atoms with Crippen LogP contribution in [0.2, 0.25) is 0 Å². The predicted octanol–water partition coefficient (Wildman–Crippen LogP) is 1.08. The highest BCUT2D eigenvalue weighted by atomic mass is 16.3. The van der Waals surface area contributed by atoms with E-state index in [1.807, 2.05) is 6.07 Å². The molecule has 3 nitrogen and oxygen atoms in total. The van der Waals surface area contributed by atoms with Crippen molar-refractivity contribution in [3.05, 3.63) is 18.1 Å². The van der Waals surface area contributed by atoms with Gasteiger partial charge in [-0.25, -0.2) is 0 Å². The van der Waals surface area contributed by atoms with Gasteiger partial charge in [0.2, 0.25) is 0 Å². The predicted molar refractivity (Wildman–Crippen MR) is 34.8 cm³/mol. The lowest BCUT2D eigenvalue weighted by Crippen LogP contribution is -2.04. The summed E-state index contributed by atoms with van der Waals surface area (Å²) in [7, 11) is 0. The average molecular weight is 122 g/mol. The monoisotopic (exact) mass is 122 g/mol. The Morgan fingerprint density at radius 3 is 3.56 bits per heavy atom. The Hall–Kier alpha value is -1.25. The van der Waals surface area contributed by atoms with Crippen molar-refractivity contribution in [2.45, 2.75) is 0 Å². The second-order valence-corrected chi connectivity index (χ2v) is 1.85. The van der Waals surface area contributed by atoms with E-state index in [2.05, 4.69) is 10.3 Å². The number of fused-ring (bicyclic) bond motifs is 1. The Morgan fingerprint density at radius 1 is 1.67 bits per heavy atom. The lowest BCUT2D eigenvalue weighted by Gasteiger charge is -2.03. The van der Waals surface area contributed by atoms with E-state index in [9.17, 15) is 0 Å². The van der Waals surface area contributed by atoms with Gasteiger partial charge in [-0.1, -0.05) is 0 Å². The third-order valence-corrected chi connectivity index (χ3v) is 1.26. The number of hydrogen-bond donors (Lipinski definition) is 1. The third-order valence-electron chi connectivity index (χ3n) is 1.26. The molecule has 46 valence electrons. The summed E-state index contributed by atoms with van der Waals surface area (Å²) in [5, 5.41) is 3.05. The summed E-state index contributed by atoms with van der Waals surface area (Å²) < 4.78 is 5.04. The molecule has 0 saturated carbocycles. The van der Waals surface area contributed by atoms with Gasteiger partial charge >= 0.3 is 0 Å². The van der Waals surface area contributed by atoms with E-state index in [1.165, 1.54) is 0 Å². The number of anilines is 1. The van der Waals surface area contributed by atoms with Gasteiger partial charge in [-0.05, 0) is 0 Å². The lowest BCUT2D eigenvalue weighted by atomic mass is 10.4. The van der Waals surface area contributed by atoms with Crippen molar-refractivity contribution in [1.29, 1.82) is 0 Å². The van der Waals surface area contributed by atoms with E-state index in [0.717, 1.165) is 11.4 Å². The molecule has 0 unspecified atom stereocenters. The summed E-state index contributed by atoms with van der Waals surface area (Å²) in [5.74, 6) is 0.821. The highest BCUT2D eigenvalue weighted by molar-refractivity contribution is 5.85. The van der Waals surface area contributed by atoms with Gasteiger partial charge in [0.1, 0.15) is 6.67 Å². The van der Waals surface area contributed by atoms with E-state index >= 15 is 0 Å². The molecule has 9 heavy (non-hydrogen) atoms. The van der Waals surface area contributed by atoms with Crippen molar-refractivity contribution in [3.63, 3.8) is 0 Å². The number of furan rings is 1. The molecular weight excluding hydrogens is 116 g/mol. The first-order chi connectivity index (χ1) is 4.47. The minimum absolute atomic E-state index is 0.659. The molecule has 0 saturated heterocycles. The van der Waals surface area contributed by atoms with Crippen LogP contribution in [0.5, 0.6) is 0 Å². The zero-order valence-corrected chi connectivity index (χ0v) is 4.79. The van der Waals surface area contributed by atoms with Crippen LogP contribution in [0, 0.1) is 0 Å². The Morgan fingerprint density at radius 2 is 2.67 bits per heavy atom. The zero-order valence-electron chi connectivity index (χ0n) is 4.79. The molecule has 1 aliphatic heterocycles. The van der Waals surface area contributed by atoms with Gasteiger partial charge in [0.15, 0.2) is 5.76 Å². The molecule has 2 heterocycles. The quantitative estimate of drug-likeness (QED) is 0.559. The zero-order chi connectivity index (χ0) is 6.10. The number of rotatable bonds is 0. The molecule has 1 aliphatic rings. The molecule has 0 amide bonds. The summed E-state index contributed by atoms with van der Waals surface area (Å²) in [4.78, 5) is 3.96. The molecule has 0 aliphatic carbocycles. The van der Waals surface area contributed by atoms with Crippen LogP contribution in [-0.2, 0) is 0 Å². The Labute approximate surface area is 52.4 Å². The fourth-order valence-electron chi connectivity index (χ4n) is 0.826. The van der Waals surface area contributed by atoms with Crippen LogP contribution < -0.4 is 5.32 Å². The molecule has 2 rings (SSSR count). The van der Waals surface area contributed by atoms with Gasteiger partial charge in [-0.2, -0.15) is 0 Å². The van der Waals surface area contributed by atoms with Crippen LogP contribution in [0.4, 0.5) is 5.69 Å². The molecule has 0 radical (unpaired) electrons. The van der Waals surface area contributed by atoms with E-state index in [1.54, 1.807) is 12.5 Å². The number of nitrogens with zero attached hydrogens (tertiary/aromatic N) is 1. The van der Waals surface area contributed by atoms with Gasteiger partial charge in [0, 0.05) is 6.07 Å². The topological polar surface area (TPSA) is 37.5 Å². The fraction of sp³-hybridized carbons (Fsp3) is 0.167. The second kappa shape index (κ2) is 1.62. The van der Waals surface area contributed by atoms with Crippen LogP contribution in [0.1, 0.15) is 5.76 Å². The molecular formula is C6H6N2O. The van der Waals surface area contributed by atoms with Crippen LogP contribution >= 0.6 is 0 Å². The van der Waals surface area contributed by atoms with Crippen LogP contribution in [0.25, 0.3) is 0 Å². The maximum Gasteiger partial charge on any atom is 0.167 e. The van der Waals surface area contributed by atoms with E-state index in [0.29, 0.717) is 6.67 Å². The van der Waals surface area contributed by atoms with E-state index < -0.39 is 0 Å². The molecule has 0 spiro atoms. The number of aliphatic imine (C=N–C) groups is 1. The molecule has 0 aromatic carbocycles. The Kier molecular flexibility index (Phi) is 0.828. The van der Waals surface area contributed by atoms with Crippen molar-refractivity contribution >= 4 is 11.9 Å². The maximum absolute atomic E-state index is 5.04. The standard InChI is InChI=1S/C6H6N2O/c1-2-9-6-3-7-4-8-5(1)6/h1-3,8H,4H2. The largest absolute Gasteiger partial charge is 0.461 e. The van der Waals surface area contributed by atoms with E-state index in [4.69, 9.17) is 4.42 Å². The molecule has 1 aromatic rings. The minimum Gasteiger partial charge on any atom is -0.461 e. The highest BCUT2D eigenvalue weighted by Gasteiger charge is 2.04. The first-order valence-electron chi connectivity index (χ1n) is 2.78.